The lowest BCUT2D eigenvalue weighted by atomic mass is 9.85. The third-order valence-corrected chi connectivity index (χ3v) is 8.76. The number of rotatable bonds is 18. The fourth-order valence-corrected chi connectivity index (χ4v) is 4.97. The molecule has 1 aliphatic heterocycles. The normalized spacial score (nSPS) is 15.6. The van der Waals surface area contributed by atoms with Crippen molar-refractivity contribution in [1.82, 2.24) is 35.8 Å². The second-order valence-corrected chi connectivity index (χ2v) is 15.9. The number of hydrogen-bond acceptors (Lipinski definition) is 8. The maximum absolute atomic E-state index is 13.2. The van der Waals surface area contributed by atoms with Gasteiger partial charge in [-0.1, -0.05) is 114 Å². The van der Waals surface area contributed by atoms with Crippen LogP contribution in [0.1, 0.15) is 135 Å². The van der Waals surface area contributed by atoms with Gasteiger partial charge in [0.05, 0.1) is 6.04 Å². The maximum atomic E-state index is 13.2. The van der Waals surface area contributed by atoms with Crippen molar-refractivity contribution in [2.45, 2.75) is 166 Å². The number of hydrogen-bond donors (Lipinski definition) is 6. The summed E-state index contributed by atoms with van der Waals surface area (Å²) in [5.74, 6) is -1.28. The van der Waals surface area contributed by atoms with Crippen LogP contribution in [0.5, 0.6) is 0 Å². The van der Waals surface area contributed by atoms with E-state index < -0.39 is 23.8 Å². The van der Waals surface area contributed by atoms with Gasteiger partial charge in [0.1, 0.15) is 6.04 Å². The van der Waals surface area contributed by atoms with Crippen molar-refractivity contribution >= 4 is 42.9 Å². The maximum Gasteiger partial charge on any atom is 0.315 e. The van der Waals surface area contributed by atoms with Gasteiger partial charge in [-0.15, -0.1) is 6.58 Å². The minimum Gasteiger partial charge on any atom is -0.348 e. The van der Waals surface area contributed by atoms with Crippen molar-refractivity contribution in [2.24, 2.45) is 10.8 Å². The molecule has 1 fully saturated rings. The van der Waals surface area contributed by atoms with Crippen molar-refractivity contribution < 1.29 is 24.0 Å². The highest BCUT2D eigenvalue weighted by Gasteiger charge is 2.39. The first kappa shape index (κ1) is 53.7. The molecule has 0 saturated carbocycles. The van der Waals surface area contributed by atoms with Crippen molar-refractivity contribution in [3.05, 3.63) is 12.7 Å². The highest BCUT2D eigenvalue weighted by Crippen LogP contribution is 2.26. The summed E-state index contributed by atoms with van der Waals surface area (Å²) in [6, 6.07) is -1.06. The van der Waals surface area contributed by atoms with E-state index in [0.717, 1.165) is 45.3 Å². The molecule has 12 nitrogen and oxygen atoms in total. The Bertz CT molecular complexity index is 1010. The number of carbonyl (C=O) groups is 5. The van der Waals surface area contributed by atoms with Crippen LogP contribution >= 0.6 is 12.8 Å². The Hall–Kier alpha value is -2.64. The molecular formula is C39H79N7O5S. The first-order valence-electron chi connectivity index (χ1n) is 19.4. The number of unbranched alkanes of at least 4 members (excludes halogenated alkanes) is 1. The number of nitrogens with one attached hydrogen (secondary N) is 5. The summed E-state index contributed by atoms with van der Waals surface area (Å²) in [7, 11) is 0. The molecule has 52 heavy (non-hydrogen) atoms. The van der Waals surface area contributed by atoms with Gasteiger partial charge in [0.15, 0.2) is 0 Å². The number of amides is 5. The predicted octanol–water partition coefficient (Wildman–Crippen LogP) is 5.88. The van der Waals surface area contributed by atoms with Gasteiger partial charge in [-0.2, -0.15) is 0 Å². The Balaban J connectivity index is -0.000000957. The van der Waals surface area contributed by atoms with E-state index in [1.165, 1.54) is 12.5 Å². The Morgan fingerprint density at radius 1 is 1.00 bits per heavy atom. The first-order valence-corrected chi connectivity index (χ1v) is 19.8. The van der Waals surface area contributed by atoms with E-state index in [9.17, 15) is 24.0 Å². The molecule has 1 aliphatic rings. The number of nitrogens with zero attached hydrogens (tertiary/aromatic N) is 2. The van der Waals surface area contributed by atoms with E-state index in [2.05, 4.69) is 101 Å². The number of ketones is 1. The molecule has 0 aromatic carbocycles. The molecule has 1 rings (SSSR count). The number of thiol groups is 1. The van der Waals surface area contributed by atoms with Gasteiger partial charge in [-0.25, -0.2) is 9.10 Å². The summed E-state index contributed by atoms with van der Waals surface area (Å²) in [5.41, 5.74) is -0.507. The molecule has 306 valence electrons. The van der Waals surface area contributed by atoms with E-state index in [-0.39, 0.29) is 41.4 Å². The van der Waals surface area contributed by atoms with Gasteiger partial charge in [-0.05, 0) is 50.9 Å². The van der Waals surface area contributed by atoms with E-state index in [1.54, 1.807) is 0 Å². The van der Waals surface area contributed by atoms with Gasteiger partial charge >= 0.3 is 6.03 Å². The second-order valence-electron chi connectivity index (χ2n) is 15.4. The van der Waals surface area contributed by atoms with Crippen LogP contribution in [-0.4, -0.2) is 102 Å². The summed E-state index contributed by atoms with van der Waals surface area (Å²) in [5, 5.41) is 14.3. The standard InChI is InChI=1S/C23H47N5O2S.C11H18N2O3.C3H8.C2H6/c1-16(2)28(31)14-12-24-15-18(22(4,5)6)25-21(30)26-19(23(7,8)9)20(29)27-13-10-11-17(27)3;1-3-5-6-9(13-8-14)10(15)11(16)12-7-4-2;1-3-2;1-2/h16-19,24,31H,10-15H2,1-9H3,(H2,25,26,30);4,8-9H,2-3,5-7H2,1H3,(H,12,16)(H,13,14);3H2,1-2H3;1-2H3. The minimum atomic E-state index is -0.720. The molecule has 0 aromatic heterocycles. The van der Waals surface area contributed by atoms with Gasteiger partial charge in [0, 0.05) is 50.8 Å². The first-order chi connectivity index (χ1) is 24.2. The topological polar surface area (TPSA) is 152 Å². The van der Waals surface area contributed by atoms with Crippen molar-refractivity contribution in [2.75, 3.05) is 32.7 Å². The summed E-state index contributed by atoms with van der Waals surface area (Å²) >= 11 is 4.47. The monoisotopic (exact) mass is 758 g/mol. The van der Waals surface area contributed by atoms with Crippen LogP contribution in [0.25, 0.3) is 0 Å². The summed E-state index contributed by atoms with van der Waals surface area (Å²) in [6.45, 7) is 35.5. The van der Waals surface area contributed by atoms with Crippen LogP contribution < -0.4 is 26.6 Å². The lowest BCUT2D eigenvalue weighted by molar-refractivity contribution is -0.139. The largest absolute Gasteiger partial charge is 0.348 e. The highest BCUT2D eigenvalue weighted by atomic mass is 32.1. The summed E-state index contributed by atoms with van der Waals surface area (Å²) < 4.78 is 1.98. The molecular weight excluding hydrogens is 679 g/mol. The van der Waals surface area contributed by atoms with Gasteiger partial charge in [-0.3, -0.25) is 19.2 Å². The van der Waals surface area contributed by atoms with E-state index in [1.807, 2.05) is 50.7 Å². The van der Waals surface area contributed by atoms with Crippen LogP contribution in [0, 0.1) is 10.8 Å². The Morgan fingerprint density at radius 2 is 1.58 bits per heavy atom. The quantitative estimate of drug-likeness (QED) is 0.0336. The third kappa shape index (κ3) is 23.8. The van der Waals surface area contributed by atoms with Crippen molar-refractivity contribution in [1.29, 1.82) is 0 Å². The molecule has 0 bridgehead atoms. The number of urea groups is 1. The Morgan fingerprint density at radius 3 is 2.00 bits per heavy atom. The van der Waals surface area contributed by atoms with Gasteiger partial charge in [0.2, 0.25) is 18.1 Å². The van der Waals surface area contributed by atoms with Crippen LogP contribution in [0.2, 0.25) is 0 Å². The molecule has 4 atom stereocenters. The van der Waals surface area contributed by atoms with Gasteiger partial charge in [0.25, 0.3) is 5.91 Å². The number of likely N-dealkylation sites (tertiary alicyclic amines) is 1. The second kappa shape index (κ2) is 29.8. The zero-order chi connectivity index (χ0) is 41.1. The van der Waals surface area contributed by atoms with Crippen LogP contribution in [0.3, 0.4) is 0 Å². The molecule has 0 aliphatic carbocycles. The predicted molar refractivity (Wildman–Crippen MR) is 220 cm³/mol. The van der Waals surface area contributed by atoms with Crippen LogP contribution in [-0.2, 0) is 19.2 Å². The van der Waals surface area contributed by atoms with Crippen LogP contribution in [0.15, 0.2) is 12.7 Å². The number of carbonyl (C=O) groups excluding carboxylic acids is 5. The third-order valence-electron chi connectivity index (χ3n) is 8.10. The minimum absolute atomic E-state index is 0.0145. The lowest BCUT2D eigenvalue weighted by Crippen LogP contribution is -2.60. The molecule has 5 amide bonds. The zero-order valence-corrected chi connectivity index (χ0v) is 36.3. The Kier molecular flexibility index (Phi) is 30.8. The smallest absolute Gasteiger partial charge is 0.315 e. The molecule has 0 aromatic rings. The summed E-state index contributed by atoms with van der Waals surface area (Å²) in [4.78, 5) is 61.3. The van der Waals surface area contributed by atoms with E-state index in [4.69, 9.17) is 0 Å². The highest BCUT2D eigenvalue weighted by molar-refractivity contribution is 7.77. The molecule has 0 spiro atoms. The van der Waals surface area contributed by atoms with Crippen molar-refractivity contribution in [3.63, 3.8) is 0 Å². The zero-order valence-electron chi connectivity index (χ0n) is 35.4. The average Bonchev–Trinajstić information content (AvgIpc) is 3.51. The van der Waals surface area contributed by atoms with Crippen LogP contribution in [0.4, 0.5) is 4.79 Å². The fourth-order valence-electron chi connectivity index (χ4n) is 4.87. The Labute approximate surface area is 323 Å². The lowest BCUT2D eigenvalue weighted by Gasteiger charge is -2.37. The average molecular weight is 758 g/mol. The van der Waals surface area contributed by atoms with E-state index in [0.29, 0.717) is 25.4 Å². The SMILES string of the molecule is C=CCNC(=O)C(=O)C(CCCC)NC=O.CC.CC(C)N(S)CCNCC(NC(=O)NC(C(=O)N1CCCC1C)C(C)(C)C)C(C)(C)C.CCC. The van der Waals surface area contributed by atoms with Gasteiger partial charge < -0.3 is 31.5 Å². The fraction of sp³-hybridized carbons (Fsp3) is 0.821. The molecule has 13 heteroatoms. The number of Topliss-reactive ketones (excluding diaryl/α,β-unsaturated/α-hetero) is 1. The summed E-state index contributed by atoms with van der Waals surface area (Å²) in [6.07, 6.45) is 7.39. The molecule has 0 radical (unpaired) electrons. The molecule has 5 N–H and O–H groups in total. The van der Waals surface area contributed by atoms with Crippen molar-refractivity contribution in [3.8, 4) is 0 Å². The molecule has 4 unspecified atom stereocenters. The van der Waals surface area contributed by atoms with E-state index >= 15 is 0 Å². The molecule has 1 saturated heterocycles. The molecule has 1 heterocycles.